The minimum absolute atomic E-state index is 0.0803. The van der Waals surface area contributed by atoms with Crippen molar-refractivity contribution in [1.82, 2.24) is 14.8 Å². The summed E-state index contributed by atoms with van der Waals surface area (Å²) < 4.78 is 5.47. The van der Waals surface area contributed by atoms with E-state index in [0.29, 0.717) is 17.5 Å². The van der Waals surface area contributed by atoms with Crippen LogP contribution in [-0.4, -0.2) is 60.5 Å². The molecule has 3 aromatic rings. The van der Waals surface area contributed by atoms with E-state index in [2.05, 4.69) is 22.0 Å². The number of para-hydroxylation sites is 1. The van der Waals surface area contributed by atoms with Crippen LogP contribution in [0.15, 0.2) is 48.5 Å². The SMILES string of the molecule is COc1cccc2c(C)c(C(=O)N3CC4CN(CC[C@H](N)c5ccccc5)CC4C3)[nH]c12. The van der Waals surface area contributed by atoms with Crippen LogP contribution >= 0.6 is 0 Å². The molecule has 2 fully saturated rings. The first-order chi connectivity index (χ1) is 15.5. The summed E-state index contributed by atoms with van der Waals surface area (Å²) in [5, 5.41) is 1.05. The number of amides is 1. The largest absolute Gasteiger partial charge is 0.495 e. The molecule has 32 heavy (non-hydrogen) atoms. The quantitative estimate of drug-likeness (QED) is 0.624. The second kappa shape index (κ2) is 8.60. The first-order valence-electron chi connectivity index (χ1n) is 11.5. The Morgan fingerprint density at radius 2 is 1.81 bits per heavy atom. The van der Waals surface area contributed by atoms with Gasteiger partial charge in [0.05, 0.1) is 12.6 Å². The van der Waals surface area contributed by atoms with E-state index in [4.69, 9.17) is 10.5 Å². The van der Waals surface area contributed by atoms with Gasteiger partial charge in [0, 0.05) is 37.6 Å². The van der Waals surface area contributed by atoms with Crippen molar-refractivity contribution in [2.24, 2.45) is 17.6 Å². The lowest BCUT2D eigenvalue weighted by molar-refractivity contribution is 0.0768. The van der Waals surface area contributed by atoms with Gasteiger partial charge in [0.15, 0.2) is 0 Å². The molecule has 3 atom stereocenters. The maximum atomic E-state index is 13.3. The molecule has 2 saturated heterocycles. The van der Waals surface area contributed by atoms with E-state index in [9.17, 15) is 4.79 Å². The highest BCUT2D eigenvalue weighted by atomic mass is 16.5. The number of carbonyl (C=O) groups is 1. The molecule has 3 N–H and O–H groups in total. The third-order valence-corrected chi connectivity index (χ3v) is 7.32. The van der Waals surface area contributed by atoms with Gasteiger partial charge in [-0.15, -0.1) is 0 Å². The van der Waals surface area contributed by atoms with Crippen molar-refractivity contribution in [2.75, 3.05) is 39.8 Å². The number of likely N-dealkylation sites (tertiary alicyclic amines) is 2. The van der Waals surface area contributed by atoms with Crippen LogP contribution in [0.2, 0.25) is 0 Å². The molecular formula is C26H32N4O2. The topological polar surface area (TPSA) is 74.6 Å². The minimum atomic E-state index is 0.0803. The molecule has 6 nitrogen and oxygen atoms in total. The number of H-pyrrole nitrogens is 1. The molecule has 0 bridgehead atoms. The third kappa shape index (κ3) is 3.78. The van der Waals surface area contributed by atoms with Gasteiger partial charge in [0.25, 0.3) is 5.91 Å². The first-order valence-corrected chi connectivity index (χ1v) is 11.5. The Hall–Kier alpha value is -2.83. The average Bonchev–Trinajstić information content (AvgIpc) is 3.49. The van der Waals surface area contributed by atoms with Crippen LogP contribution in [-0.2, 0) is 0 Å². The van der Waals surface area contributed by atoms with Gasteiger partial charge in [-0.05, 0) is 48.9 Å². The summed E-state index contributed by atoms with van der Waals surface area (Å²) in [5.74, 6) is 1.97. The number of nitrogens with two attached hydrogens (primary N) is 1. The maximum absolute atomic E-state index is 13.3. The molecule has 0 saturated carbocycles. The number of nitrogens with one attached hydrogen (secondary N) is 1. The number of hydrogen-bond donors (Lipinski definition) is 2. The Labute approximate surface area is 189 Å². The van der Waals surface area contributed by atoms with Crippen LogP contribution in [0.25, 0.3) is 10.9 Å². The number of benzene rings is 2. The number of aryl methyl sites for hydroxylation is 1. The Bertz CT molecular complexity index is 1100. The zero-order valence-corrected chi connectivity index (χ0v) is 18.9. The monoisotopic (exact) mass is 432 g/mol. The van der Waals surface area contributed by atoms with Crippen molar-refractivity contribution in [3.63, 3.8) is 0 Å². The number of ether oxygens (including phenoxy) is 1. The molecule has 3 heterocycles. The summed E-state index contributed by atoms with van der Waals surface area (Å²) in [6.45, 7) is 6.79. The molecule has 5 rings (SSSR count). The number of aromatic amines is 1. The van der Waals surface area contributed by atoms with Crippen molar-refractivity contribution in [1.29, 1.82) is 0 Å². The highest BCUT2D eigenvalue weighted by Crippen LogP contribution is 2.34. The molecule has 168 valence electrons. The van der Waals surface area contributed by atoms with Gasteiger partial charge < -0.3 is 25.3 Å². The van der Waals surface area contributed by atoms with E-state index in [1.54, 1.807) is 7.11 Å². The van der Waals surface area contributed by atoms with Gasteiger partial charge in [-0.2, -0.15) is 0 Å². The molecular weight excluding hydrogens is 400 g/mol. The molecule has 2 aliphatic rings. The molecule has 1 amide bonds. The summed E-state index contributed by atoms with van der Waals surface area (Å²) >= 11 is 0. The molecule has 0 aliphatic carbocycles. The standard InChI is InChI=1S/C26H32N4O2/c1-17-21-9-6-10-23(32-2)25(21)28-24(17)26(31)30-15-19-13-29(14-20(19)16-30)12-11-22(27)18-7-4-3-5-8-18/h3-10,19-20,22,28H,11-16,27H2,1-2H3/t19?,20?,22-/m0/s1. The Morgan fingerprint density at radius 1 is 1.09 bits per heavy atom. The maximum Gasteiger partial charge on any atom is 0.270 e. The summed E-state index contributed by atoms with van der Waals surface area (Å²) in [6.07, 6.45) is 0.961. The zero-order valence-electron chi connectivity index (χ0n) is 18.9. The predicted octanol–water partition coefficient (Wildman–Crippen LogP) is 3.58. The van der Waals surface area contributed by atoms with E-state index in [1.807, 2.05) is 48.2 Å². The number of carbonyl (C=O) groups excluding carboxylic acids is 1. The summed E-state index contributed by atoms with van der Waals surface area (Å²) in [4.78, 5) is 21.2. The average molecular weight is 433 g/mol. The van der Waals surface area contributed by atoms with E-state index >= 15 is 0 Å². The molecule has 2 aliphatic heterocycles. The predicted molar refractivity (Wildman–Crippen MR) is 127 cm³/mol. The van der Waals surface area contributed by atoms with Crippen molar-refractivity contribution < 1.29 is 9.53 Å². The zero-order chi connectivity index (χ0) is 22.2. The number of fused-ring (bicyclic) bond motifs is 2. The van der Waals surface area contributed by atoms with Crippen LogP contribution in [0.4, 0.5) is 0 Å². The van der Waals surface area contributed by atoms with Gasteiger partial charge in [-0.25, -0.2) is 0 Å². The fraction of sp³-hybridized carbons (Fsp3) is 0.423. The molecule has 2 unspecified atom stereocenters. The van der Waals surface area contributed by atoms with E-state index in [0.717, 1.165) is 61.4 Å². The number of methoxy groups -OCH3 is 1. The lowest BCUT2D eigenvalue weighted by Gasteiger charge is -2.23. The lowest BCUT2D eigenvalue weighted by atomic mass is 10.0. The van der Waals surface area contributed by atoms with Crippen LogP contribution in [0.5, 0.6) is 5.75 Å². The summed E-state index contributed by atoms with van der Waals surface area (Å²) in [6, 6.07) is 16.3. The van der Waals surface area contributed by atoms with Gasteiger partial charge in [0.2, 0.25) is 0 Å². The summed E-state index contributed by atoms with van der Waals surface area (Å²) in [5.41, 5.74) is 10.2. The fourth-order valence-electron chi connectivity index (χ4n) is 5.50. The van der Waals surface area contributed by atoms with Crippen LogP contribution in [0, 0.1) is 18.8 Å². The third-order valence-electron chi connectivity index (χ3n) is 7.32. The van der Waals surface area contributed by atoms with Crippen LogP contribution in [0.1, 0.15) is 34.1 Å². The first kappa shape index (κ1) is 21.0. The van der Waals surface area contributed by atoms with Crippen molar-refractivity contribution >= 4 is 16.8 Å². The highest BCUT2D eigenvalue weighted by molar-refractivity contribution is 6.02. The van der Waals surface area contributed by atoms with Crippen molar-refractivity contribution in [2.45, 2.75) is 19.4 Å². The summed E-state index contributed by atoms with van der Waals surface area (Å²) in [7, 11) is 1.66. The second-order valence-electron chi connectivity index (χ2n) is 9.30. The normalized spacial score (nSPS) is 21.8. The molecule has 1 aromatic heterocycles. The smallest absolute Gasteiger partial charge is 0.270 e. The fourth-order valence-corrected chi connectivity index (χ4v) is 5.50. The number of hydrogen-bond acceptors (Lipinski definition) is 4. The van der Waals surface area contributed by atoms with Crippen LogP contribution in [0.3, 0.4) is 0 Å². The second-order valence-corrected chi connectivity index (χ2v) is 9.30. The van der Waals surface area contributed by atoms with Gasteiger partial charge in [0.1, 0.15) is 11.4 Å². The van der Waals surface area contributed by atoms with E-state index in [-0.39, 0.29) is 11.9 Å². The minimum Gasteiger partial charge on any atom is -0.495 e. The van der Waals surface area contributed by atoms with Gasteiger partial charge in [-0.1, -0.05) is 42.5 Å². The van der Waals surface area contributed by atoms with Crippen molar-refractivity contribution in [3.05, 3.63) is 65.4 Å². The number of nitrogens with zero attached hydrogens (tertiary/aromatic N) is 2. The van der Waals surface area contributed by atoms with E-state index < -0.39 is 0 Å². The van der Waals surface area contributed by atoms with Crippen molar-refractivity contribution in [3.8, 4) is 5.75 Å². The van der Waals surface area contributed by atoms with Gasteiger partial charge >= 0.3 is 0 Å². The molecule has 6 heteroatoms. The molecule has 0 spiro atoms. The number of aromatic nitrogens is 1. The number of rotatable bonds is 6. The highest BCUT2D eigenvalue weighted by Gasteiger charge is 2.42. The lowest BCUT2D eigenvalue weighted by Crippen LogP contribution is -2.34. The molecule has 0 radical (unpaired) electrons. The Morgan fingerprint density at radius 3 is 2.50 bits per heavy atom. The van der Waals surface area contributed by atoms with Crippen LogP contribution < -0.4 is 10.5 Å². The molecule has 2 aromatic carbocycles. The van der Waals surface area contributed by atoms with E-state index in [1.165, 1.54) is 5.56 Å². The Balaban J connectivity index is 1.20. The Kier molecular flexibility index (Phi) is 5.66. The van der Waals surface area contributed by atoms with Gasteiger partial charge in [-0.3, -0.25) is 4.79 Å².